The fourth-order valence-electron chi connectivity index (χ4n) is 4.50. The largest absolute Gasteiger partial charge is 0.378 e. The summed E-state index contributed by atoms with van der Waals surface area (Å²) in [4.78, 5) is 53.6. The minimum absolute atomic E-state index is 0.0145. The fraction of sp³-hybridized carbons (Fsp3) is 0.259. The Labute approximate surface area is 213 Å². The minimum Gasteiger partial charge on any atom is -0.378 e. The number of amides is 5. The predicted molar refractivity (Wildman–Crippen MR) is 137 cm³/mol. The number of hydrogen-bond acceptors (Lipinski definition) is 5. The maximum atomic E-state index is 13.0. The number of benzene rings is 2. The van der Waals surface area contributed by atoms with Crippen LogP contribution in [0.2, 0.25) is 0 Å². The smallest absolute Gasteiger partial charge is 0.329 e. The van der Waals surface area contributed by atoms with Crippen LogP contribution in [0.15, 0.2) is 60.4 Å². The molecule has 0 atom stereocenters. The fourth-order valence-corrected chi connectivity index (χ4v) is 4.50. The van der Waals surface area contributed by atoms with Gasteiger partial charge in [0, 0.05) is 41.4 Å². The molecule has 2 aliphatic heterocycles. The number of nitrogens with zero attached hydrogens (tertiary/aromatic N) is 3. The van der Waals surface area contributed by atoms with E-state index in [-0.39, 0.29) is 18.1 Å². The summed E-state index contributed by atoms with van der Waals surface area (Å²) in [6.45, 7) is 3.76. The number of urea groups is 1. The van der Waals surface area contributed by atoms with Gasteiger partial charge >= 0.3 is 6.03 Å². The van der Waals surface area contributed by atoms with Crippen molar-refractivity contribution >= 4 is 46.4 Å². The van der Waals surface area contributed by atoms with Crippen LogP contribution in [-0.4, -0.2) is 71.0 Å². The number of aryl methyl sites for hydroxylation is 1. The maximum Gasteiger partial charge on any atom is 0.329 e. The summed E-state index contributed by atoms with van der Waals surface area (Å²) < 4.78 is 7.17. The molecular formula is C27H27N5O5. The molecule has 3 aromatic rings. The Kier molecular flexibility index (Phi) is 6.74. The van der Waals surface area contributed by atoms with Gasteiger partial charge in [0.25, 0.3) is 5.91 Å². The van der Waals surface area contributed by atoms with Crippen molar-refractivity contribution in [2.45, 2.75) is 13.5 Å². The minimum atomic E-state index is -0.664. The van der Waals surface area contributed by atoms with Gasteiger partial charge in [0.15, 0.2) is 0 Å². The second-order valence-corrected chi connectivity index (χ2v) is 8.97. The second-order valence-electron chi connectivity index (χ2n) is 8.97. The second kappa shape index (κ2) is 10.3. The summed E-state index contributed by atoms with van der Waals surface area (Å²) in [6.07, 6.45) is 3.38. The van der Waals surface area contributed by atoms with E-state index in [1.165, 1.54) is 0 Å². The van der Waals surface area contributed by atoms with E-state index in [0.717, 1.165) is 21.4 Å². The summed E-state index contributed by atoms with van der Waals surface area (Å²) in [6, 6.07) is 14.1. The zero-order valence-electron chi connectivity index (χ0n) is 20.4. The zero-order chi connectivity index (χ0) is 25.9. The third-order valence-electron chi connectivity index (χ3n) is 6.47. The molecule has 0 bridgehead atoms. The van der Waals surface area contributed by atoms with Gasteiger partial charge in [-0.05, 0) is 30.7 Å². The number of anilines is 1. The first-order valence-electron chi connectivity index (χ1n) is 12.0. The first-order valence-corrected chi connectivity index (χ1v) is 12.0. The molecule has 37 heavy (non-hydrogen) atoms. The van der Waals surface area contributed by atoms with E-state index in [4.69, 9.17) is 4.74 Å². The number of para-hydroxylation sites is 2. The number of rotatable bonds is 6. The van der Waals surface area contributed by atoms with Crippen LogP contribution in [0.25, 0.3) is 17.0 Å². The van der Waals surface area contributed by atoms with Crippen LogP contribution >= 0.6 is 0 Å². The van der Waals surface area contributed by atoms with Gasteiger partial charge in [-0.3, -0.25) is 14.4 Å². The molecule has 2 saturated heterocycles. The molecule has 1 aromatic heterocycles. The van der Waals surface area contributed by atoms with Gasteiger partial charge in [-0.15, -0.1) is 0 Å². The van der Waals surface area contributed by atoms with Crippen LogP contribution in [-0.2, 0) is 25.7 Å². The van der Waals surface area contributed by atoms with Crippen LogP contribution in [0.5, 0.6) is 0 Å². The average molecular weight is 502 g/mol. The molecule has 0 aliphatic carbocycles. The van der Waals surface area contributed by atoms with Gasteiger partial charge in [0.1, 0.15) is 18.8 Å². The Bertz CT molecular complexity index is 1420. The van der Waals surface area contributed by atoms with E-state index in [2.05, 4.69) is 10.6 Å². The lowest BCUT2D eigenvalue weighted by Crippen LogP contribution is -2.42. The van der Waals surface area contributed by atoms with Crippen molar-refractivity contribution in [3.63, 3.8) is 0 Å². The van der Waals surface area contributed by atoms with Crippen molar-refractivity contribution in [2.24, 2.45) is 0 Å². The molecule has 190 valence electrons. The molecule has 0 radical (unpaired) electrons. The summed E-state index contributed by atoms with van der Waals surface area (Å²) in [5, 5.41) is 6.14. The summed E-state index contributed by atoms with van der Waals surface area (Å²) in [7, 11) is 0. The van der Waals surface area contributed by atoms with Gasteiger partial charge in [-0.1, -0.05) is 36.4 Å². The normalized spacial score (nSPS) is 16.9. The number of nitrogens with one attached hydrogen (secondary N) is 2. The lowest BCUT2D eigenvalue weighted by molar-refractivity contribution is -0.135. The van der Waals surface area contributed by atoms with E-state index < -0.39 is 24.4 Å². The Balaban J connectivity index is 1.34. The van der Waals surface area contributed by atoms with Crippen molar-refractivity contribution < 1.29 is 23.9 Å². The molecule has 2 fully saturated rings. The Morgan fingerprint density at radius 2 is 1.76 bits per heavy atom. The molecule has 2 aromatic carbocycles. The van der Waals surface area contributed by atoms with Crippen molar-refractivity contribution in [1.82, 2.24) is 19.7 Å². The zero-order valence-corrected chi connectivity index (χ0v) is 20.4. The number of aromatic nitrogens is 1. The van der Waals surface area contributed by atoms with E-state index in [1.807, 2.05) is 47.9 Å². The third kappa shape index (κ3) is 5.10. The van der Waals surface area contributed by atoms with E-state index in [0.29, 0.717) is 37.6 Å². The molecule has 0 saturated carbocycles. The Hall–Kier alpha value is -4.44. The third-order valence-corrected chi connectivity index (χ3v) is 6.47. The van der Waals surface area contributed by atoms with Crippen molar-refractivity contribution in [2.75, 3.05) is 38.2 Å². The van der Waals surface area contributed by atoms with Gasteiger partial charge in [-0.2, -0.15) is 0 Å². The Morgan fingerprint density at radius 3 is 2.54 bits per heavy atom. The quantitative estimate of drug-likeness (QED) is 0.398. The number of carbonyl (C=O) groups is 4. The van der Waals surface area contributed by atoms with Crippen molar-refractivity contribution in [3.8, 4) is 0 Å². The summed E-state index contributed by atoms with van der Waals surface area (Å²) in [5.74, 6) is -1.08. The van der Waals surface area contributed by atoms with Crippen molar-refractivity contribution in [3.05, 3.63) is 71.6 Å². The summed E-state index contributed by atoms with van der Waals surface area (Å²) in [5.41, 5.74) is 3.07. The predicted octanol–water partition coefficient (Wildman–Crippen LogP) is 2.34. The molecule has 5 rings (SSSR count). The molecule has 10 nitrogen and oxygen atoms in total. The van der Waals surface area contributed by atoms with Gasteiger partial charge in [0.05, 0.1) is 13.2 Å². The summed E-state index contributed by atoms with van der Waals surface area (Å²) >= 11 is 0. The average Bonchev–Trinajstić information content (AvgIpc) is 3.37. The monoisotopic (exact) mass is 501 g/mol. The first kappa shape index (κ1) is 24.3. The van der Waals surface area contributed by atoms with Crippen molar-refractivity contribution in [1.29, 1.82) is 0 Å². The number of ether oxygens (including phenoxy) is 1. The van der Waals surface area contributed by atoms with E-state index in [9.17, 15) is 19.2 Å². The van der Waals surface area contributed by atoms with Gasteiger partial charge in [-0.25, -0.2) is 9.69 Å². The van der Waals surface area contributed by atoms with Gasteiger partial charge < -0.3 is 24.8 Å². The lowest BCUT2D eigenvalue weighted by Gasteiger charge is -2.27. The lowest BCUT2D eigenvalue weighted by atomic mass is 10.1. The Morgan fingerprint density at radius 1 is 1.03 bits per heavy atom. The molecule has 2 N–H and O–H groups in total. The standard InChI is InChI=1S/C27H27N5O5/c1-18-6-2-4-8-21(18)28-24(33)16-32-26(35)22(29-27(32)36)14-19-15-31(23-9-5-3-7-20(19)23)17-25(34)30-10-12-37-13-11-30/h2-9,14-15H,10-13,16-17H2,1H3,(H,28,33)(H,29,36)/b22-14-. The number of carbonyl (C=O) groups excluding carboxylic acids is 4. The molecule has 3 heterocycles. The highest BCUT2D eigenvalue weighted by Crippen LogP contribution is 2.25. The number of imide groups is 1. The van der Waals surface area contributed by atoms with E-state index >= 15 is 0 Å². The van der Waals surface area contributed by atoms with E-state index in [1.54, 1.807) is 29.3 Å². The van der Waals surface area contributed by atoms with Crippen LogP contribution < -0.4 is 10.6 Å². The molecule has 5 amide bonds. The van der Waals surface area contributed by atoms with Gasteiger partial charge in [0.2, 0.25) is 11.8 Å². The van der Waals surface area contributed by atoms with Crippen LogP contribution in [0.1, 0.15) is 11.1 Å². The molecule has 10 heteroatoms. The number of morpholine rings is 1. The number of fused-ring (bicyclic) bond motifs is 1. The highest BCUT2D eigenvalue weighted by Gasteiger charge is 2.35. The highest BCUT2D eigenvalue weighted by atomic mass is 16.5. The van der Waals surface area contributed by atoms with Crippen LogP contribution in [0.3, 0.4) is 0 Å². The maximum absolute atomic E-state index is 13.0. The topological polar surface area (TPSA) is 113 Å². The van der Waals surface area contributed by atoms with Crippen LogP contribution in [0, 0.1) is 6.92 Å². The molecule has 2 aliphatic rings. The SMILES string of the molecule is Cc1ccccc1NC(=O)CN1C(=O)N/C(=C\c2cn(CC(=O)N3CCOCC3)c3ccccc23)C1=O. The molecule has 0 unspecified atom stereocenters. The number of hydrogen-bond donors (Lipinski definition) is 2. The molecule has 0 spiro atoms. The molecular weight excluding hydrogens is 474 g/mol. The van der Waals surface area contributed by atoms with Crippen LogP contribution in [0.4, 0.5) is 10.5 Å². The highest BCUT2D eigenvalue weighted by molar-refractivity contribution is 6.16. The first-order chi connectivity index (χ1) is 17.9.